The van der Waals surface area contributed by atoms with Crippen LogP contribution >= 0.6 is 0 Å². The Morgan fingerprint density at radius 3 is 1.97 bits per heavy atom. The molecule has 0 spiro atoms. The van der Waals surface area contributed by atoms with Crippen molar-refractivity contribution in [3.63, 3.8) is 0 Å². The Balaban J connectivity index is 2.35. The highest BCUT2D eigenvalue weighted by atomic mass is 16.4. The molecule has 1 fully saturated rings. The van der Waals surface area contributed by atoms with Gasteiger partial charge in [-0.25, -0.2) is 4.79 Å². The van der Waals surface area contributed by atoms with Crippen LogP contribution in [0.3, 0.4) is 0 Å². The third kappa shape index (κ3) is 13.3. The van der Waals surface area contributed by atoms with Gasteiger partial charge < -0.3 is 31.3 Å². The van der Waals surface area contributed by atoms with Gasteiger partial charge in [-0.2, -0.15) is 0 Å². The summed E-state index contributed by atoms with van der Waals surface area (Å²) in [7, 11) is 0. The molecule has 1 saturated carbocycles. The van der Waals surface area contributed by atoms with Gasteiger partial charge in [0.05, 0.1) is 0 Å². The molecule has 0 aromatic carbocycles. The first-order chi connectivity index (χ1) is 16.5. The lowest BCUT2D eigenvalue weighted by Gasteiger charge is -2.28. The number of carboxylic acid groups (broad SMARTS) is 3. The molecule has 12 nitrogen and oxygen atoms in total. The van der Waals surface area contributed by atoms with Gasteiger partial charge in [-0.3, -0.25) is 24.0 Å². The van der Waals surface area contributed by atoms with Crippen LogP contribution in [0.4, 0.5) is 0 Å². The topological polar surface area (TPSA) is 199 Å². The average molecular weight is 500 g/mol. The van der Waals surface area contributed by atoms with Gasteiger partial charge in [0.15, 0.2) is 0 Å². The number of hydrogen-bond donors (Lipinski definition) is 6. The lowest BCUT2D eigenvalue weighted by Crippen LogP contribution is -2.45. The Morgan fingerprint density at radius 1 is 0.771 bits per heavy atom. The Bertz CT molecular complexity index is 763. The molecule has 198 valence electrons. The minimum Gasteiger partial charge on any atom is -0.481 e. The summed E-state index contributed by atoms with van der Waals surface area (Å²) in [6, 6.07) is -1.56. The molecule has 2 unspecified atom stereocenters. The molecule has 3 amide bonds. The van der Waals surface area contributed by atoms with Crippen molar-refractivity contribution in [2.24, 2.45) is 11.8 Å². The zero-order chi connectivity index (χ0) is 26.4. The van der Waals surface area contributed by atoms with Gasteiger partial charge in [-0.1, -0.05) is 0 Å². The molecule has 0 bridgehead atoms. The van der Waals surface area contributed by atoms with E-state index in [1.54, 1.807) is 6.92 Å². The van der Waals surface area contributed by atoms with E-state index in [1.165, 1.54) is 0 Å². The van der Waals surface area contributed by atoms with Crippen molar-refractivity contribution in [1.82, 2.24) is 16.0 Å². The van der Waals surface area contributed by atoms with Crippen LogP contribution in [0.2, 0.25) is 0 Å². The third-order valence-corrected chi connectivity index (χ3v) is 6.07. The second-order valence-electron chi connectivity index (χ2n) is 9.11. The van der Waals surface area contributed by atoms with E-state index in [0.717, 1.165) is 0 Å². The Morgan fingerprint density at radius 2 is 1.40 bits per heavy atom. The van der Waals surface area contributed by atoms with Crippen LogP contribution in [-0.4, -0.2) is 69.6 Å². The van der Waals surface area contributed by atoms with Gasteiger partial charge in [0.2, 0.25) is 17.7 Å². The van der Waals surface area contributed by atoms with Crippen LogP contribution < -0.4 is 16.0 Å². The molecule has 0 radical (unpaired) electrons. The van der Waals surface area contributed by atoms with E-state index in [9.17, 15) is 33.9 Å². The number of aliphatic carboxylic acids is 3. The monoisotopic (exact) mass is 499 g/mol. The van der Waals surface area contributed by atoms with E-state index in [4.69, 9.17) is 10.2 Å². The van der Waals surface area contributed by atoms with Crippen molar-refractivity contribution in [2.75, 3.05) is 6.54 Å². The van der Waals surface area contributed by atoms with Gasteiger partial charge >= 0.3 is 17.9 Å². The summed E-state index contributed by atoms with van der Waals surface area (Å²) < 4.78 is 0. The lowest BCUT2D eigenvalue weighted by atomic mass is 9.81. The largest absolute Gasteiger partial charge is 0.481 e. The van der Waals surface area contributed by atoms with Gasteiger partial charge in [-0.15, -0.1) is 0 Å². The Kier molecular flexibility index (Phi) is 13.4. The van der Waals surface area contributed by atoms with E-state index < -0.39 is 29.9 Å². The molecule has 0 aliphatic heterocycles. The molecule has 1 aliphatic rings. The predicted octanol–water partition coefficient (Wildman–Crippen LogP) is 0.883. The Labute approximate surface area is 204 Å². The predicted molar refractivity (Wildman–Crippen MR) is 123 cm³/mol. The van der Waals surface area contributed by atoms with Crippen molar-refractivity contribution in [3.8, 4) is 0 Å². The number of carboxylic acids is 3. The average Bonchev–Trinajstić information content (AvgIpc) is 2.78. The summed E-state index contributed by atoms with van der Waals surface area (Å²) in [5.41, 5.74) is 0. The van der Waals surface area contributed by atoms with Gasteiger partial charge in [0.25, 0.3) is 0 Å². The van der Waals surface area contributed by atoms with Crippen molar-refractivity contribution in [2.45, 2.75) is 89.6 Å². The zero-order valence-electron chi connectivity index (χ0n) is 20.1. The molecule has 35 heavy (non-hydrogen) atoms. The first-order valence-electron chi connectivity index (χ1n) is 12.0. The lowest BCUT2D eigenvalue weighted by molar-refractivity contribution is -0.143. The third-order valence-electron chi connectivity index (χ3n) is 6.07. The van der Waals surface area contributed by atoms with Crippen molar-refractivity contribution >= 4 is 35.6 Å². The summed E-state index contributed by atoms with van der Waals surface area (Å²) in [5.74, 6) is -4.26. The fourth-order valence-electron chi connectivity index (χ4n) is 3.96. The zero-order valence-corrected chi connectivity index (χ0v) is 20.1. The second kappa shape index (κ2) is 15.7. The standard InChI is InChI=1S/C23H37N3O9/c1-14(5-12-21(31)32)25-19(28)11-10-17(23(34)35)26-22(33)16-8-6-15(7-9-16)13-24-18(27)3-2-4-20(29)30/h14-17H,2-13H2,1H3,(H,24,27)(H,25,28)(H,26,33)(H,29,30)(H,31,32)(H,34,35). The number of nitrogens with one attached hydrogen (secondary N) is 3. The van der Waals surface area contributed by atoms with E-state index in [0.29, 0.717) is 32.2 Å². The first-order valence-corrected chi connectivity index (χ1v) is 12.0. The summed E-state index contributed by atoms with van der Waals surface area (Å²) in [5, 5.41) is 34.7. The van der Waals surface area contributed by atoms with E-state index in [1.807, 2.05) is 0 Å². The smallest absolute Gasteiger partial charge is 0.326 e. The molecule has 0 heterocycles. The van der Waals surface area contributed by atoms with Gasteiger partial charge in [0, 0.05) is 44.2 Å². The minimum absolute atomic E-state index is 0.0540. The van der Waals surface area contributed by atoms with Crippen molar-refractivity contribution in [1.29, 1.82) is 0 Å². The summed E-state index contributed by atoms with van der Waals surface area (Å²) in [6.45, 7) is 2.12. The van der Waals surface area contributed by atoms with E-state index in [-0.39, 0.29) is 74.6 Å². The SMILES string of the molecule is CC(CCC(=O)O)NC(=O)CCC(NC(=O)C1CCC(CNC(=O)CCCC(=O)O)CC1)C(=O)O. The van der Waals surface area contributed by atoms with Crippen LogP contribution in [-0.2, 0) is 28.8 Å². The highest BCUT2D eigenvalue weighted by Gasteiger charge is 2.29. The van der Waals surface area contributed by atoms with E-state index in [2.05, 4.69) is 16.0 Å². The minimum atomic E-state index is -1.23. The number of rotatable bonds is 16. The highest BCUT2D eigenvalue weighted by molar-refractivity contribution is 5.85. The number of carbonyl (C=O) groups excluding carboxylic acids is 3. The molecule has 12 heteroatoms. The van der Waals surface area contributed by atoms with Crippen LogP contribution in [0, 0.1) is 11.8 Å². The Hall–Kier alpha value is -3.18. The summed E-state index contributed by atoms with van der Waals surface area (Å²) >= 11 is 0. The van der Waals surface area contributed by atoms with Crippen LogP contribution in [0.5, 0.6) is 0 Å². The van der Waals surface area contributed by atoms with Crippen LogP contribution in [0.15, 0.2) is 0 Å². The van der Waals surface area contributed by atoms with Crippen molar-refractivity contribution in [3.05, 3.63) is 0 Å². The molecule has 0 aromatic rings. The number of amides is 3. The molecular formula is C23H37N3O9. The fraction of sp³-hybridized carbons (Fsp3) is 0.739. The van der Waals surface area contributed by atoms with Crippen LogP contribution in [0.1, 0.15) is 77.6 Å². The maximum Gasteiger partial charge on any atom is 0.326 e. The van der Waals surface area contributed by atoms with Crippen LogP contribution in [0.25, 0.3) is 0 Å². The number of hydrogen-bond acceptors (Lipinski definition) is 6. The fourth-order valence-corrected chi connectivity index (χ4v) is 3.96. The normalized spacial score (nSPS) is 19.1. The molecule has 1 rings (SSSR count). The van der Waals surface area contributed by atoms with Gasteiger partial charge in [-0.05, 0) is 57.8 Å². The number of carbonyl (C=O) groups is 6. The maximum absolute atomic E-state index is 12.6. The first kappa shape index (κ1) is 29.9. The molecular weight excluding hydrogens is 462 g/mol. The molecule has 0 aromatic heterocycles. The summed E-state index contributed by atoms with van der Waals surface area (Å²) in [6.07, 6.45) is 2.86. The van der Waals surface area contributed by atoms with Gasteiger partial charge in [0.1, 0.15) is 6.04 Å². The molecule has 6 N–H and O–H groups in total. The molecule has 0 saturated heterocycles. The quantitative estimate of drug-likeness (QED) is 0.178. The molecule has 1 aliphatic carbocycles. The van der Waals surface area contributed by atoms with Crippen molar-refractivity contribution < 1.29 is 44.1 Å². The van der Waals surface area contributed by atoms with E-state index >= 15 is 0 Å². The summed E-state index contributed by atoms with van der Waals surface area (Å²) in [4.78, 5) is 69.0. The second-order valence-corrected chi connectivity index (χ2v) is 9.11. The molecule has 2 atom stereocenters. The highest BCUT2D eigenvalue weighted by Crippen LogP contribution is 2.28. The maximum atomic E-state index is 12.6.